The lowest BCUT2D eigenvalue weighted by atomic mass is 10.2. The fourth-order valence-corrected chi connectivity index (χ4v) is 4.87. The van der Waals surface area contributed by atoms with Gasteiger partial charge in [0.2, 0.25) is 0 Å². The molecule has 0 radical (unpaired) electrons. The Bertz CT molecular complexity index is 1180. The van der Waals surface area contributed by atoms with Crippen molar-refractivity contribution in [2.24, 2.45) is 0 Å². The Morgan fingerprint density at radius 3 is 2.57 bits per heavy atom. The Morgan fingerprint density at radius 1 is 1.18 bits per heavy atom. The van der Waals surface area contributed by atoms with E-state index in [-0.39, 0.29) is 27.9 Å². The number of aromatic nitrogens is 2. The number of fused-ring (bicyclic) bond motifs is 1. The van der Waals surface area contributed by atoms with Gasteiger partial charge in [-0.1, -0.05) is 35.4 Å². The molecule has 1 aliphatic rings. The third-order valence-electron chi connectivity index (χ3n) is 4.49. The summed E-state index contributed by atoms with van der Waals surface area (Å²) in [6.07, 6.45) is 0. The van der Waals surface area contributed by atoms with E-state index in [0.29, 0.717) is 16.9 Å². The highest BCUT2D eigenvalue weighted by Gasteiger charge is 2.33. The molecule has 4 rings (SSSR count). The van der Waals surface area contributed by atoms with E-state index in [1.165, 1.54) is 16.8 Å². The lowest BCUT2D eigenvalue weighted by molar-refractivity contribution is 0.102. The number of amides is 1. The van der Waals surface area contributed by atoms with Crippen LogP contribution in [0.15, 0.2) is 42.5 Å². The molecular weight excluding hydrogens is 405 g/mol. The van der Waals surface area contributed by atoms with E-state index in [1.807, 2.05) is 19.1 Å². The molecule has 28 heavy (non-hydrogen) atoms. The van der Waals surface area contributed by atoms with Crippen molar-refractivity contribution in [3.63, 3.8) is 0 Å². The van der Waals surface area contributed by atoms with Crippen LogP contribution in [0.2, 0.25) is 5.02 Å². The Kier molecular flexibility index (Phi) is 4.47. The zero-order chi connectivity index (χ0) is 20.1. The van der Waals surface area contributed by atoms with Crippen molar-refractivity contribution in [1.82, 2.24) is 9.78 Å². The predicted molar refractivity (Wildman–Crippen MR) is 104 cm³/mol. The van der Waals surface area contributed by atoms with E-state index in [2.05, 4.69) is 10.4 Å². The van der Waals surface area contributed by atoms with Crippen molar-refractivity contribution in [2.45, 2.75) is 18.4 Å². The Hall–Kier alpha value is -2.71. The molecule has 0 saturated heterocycles. The van der Waals surface area contributed by atoms with Crippen LogP contribution in [0.3, 0.4) is 0 Å². The molecule has 0 fully saturated rings. The van der Waals surface area contributed by atoms with Crippen LogP contribution in [0.25, 0.3) is 5.69 Å². The minimum atomic E-state index is -3.33. The topological polar surface area (TPSA) is 81.1 Å². The van der Waals surface area contributed by atoms with Crippen molar-refractivity contribution in [2.75, 3.05) is 5.32 Å². The minimum Gasteiger partial charge on any atom is -0.306 e. The predicted octanol–water partition coefficient (Wildman–Crippen LogP) is 3.65. The number of carbonyl (C=O) groups is 1. The zero-order valence-corrected chi connectivity index (χ0v) is 16.3. The minimum absolute atomic E-state index is 0.0387. The monoisotopic (exact) mass is 419 g/mol. The molecule has 2 aromatic carbocycles. The molecule has 6 nitrogen and oxygen atoms in total. The SMILES string of the molecule is Cc1ccc(-n2nc3c(c2NC(=O)c2c(F)cccc2Cl)CS(=O)(=O)C3)cc1. The second-order valence-electron chi connectivity index (χ2n) is 6.60. The summed E-state index contributed by atoms with van der Waals surface area (Å²) in [6, 6.07) is 11.3. The molecule has 0 unspecified atom stereocenters. The van der Waals surface area contributed by atoms with Gasteiger partial charge in [-0.3, -0.25) is 4.79 Å². The summed E-state index contributed by atoms with van der Waals surface area (Å²) in [6.45, 7) is 1.93. The third kappa shape index (κ3) is 3.29. The Labute approximate surface area is 165 Å². The largest absolute Gasteiger partial charge is 0.306 e. The molecule has 0 aliphatic carbocycles. The molecule has 1 aromatic heterocycles. The number of rotatable bonds is 3. The number of hydrogen-bond acceptors (Lipinski definition) is 4. The van der Waals surface area contributed by atoms with E-state index in [4.69, 9.17) is 11.6 Å². The Balaban J connectivity index is 1.81. The summed E-state index contributed by atoms with van der Waals surface area (Å²) in [4.78, 5) is 12.7. The van der Waals surface area contributed by atoms with Gasteiger partial charge in [-0.15, -0.1) is 0 Å². The molecule has 2 heterocycles. The molecule has 1 amide bonds. The number of carbonyl (C=O) groups excluding carboxylic acids is 1. The Morgan fingerprint density at radius 2 is 1.89 bits per heavy atom. The molecule has 1 N–H and O–H groups in total. The number of aryl methyl sites for hydroxylation is 1. The van der Waals surface area contributed by atoms with Gasteiger partial charge in [0.1, 0.15) is 11.6 Å². The lowest BCUT2D eigenvalue weighted by Gasteiger charge is -2.12. The van der Waals surface area contributed by atoms with E-state index >= 15 is 0 Å². The number of halogens is 2. The third-order valence-corrected chi connectivity index (χ3v) is 6.24. The fraction of sp³-hybridized carbons (Fsp3) is 0.158. The van der Waals surface area contributed by atoms with Crippen LogP contribution >= 0.6 is 11.6 Å². The van der Waals surface area contributed by atoms with E-state index in [9.17, 15) is 17.6 Å². The van der Waals surface area contributed by atoms with E-state index in [1.54, 1.807) is 12.1 Å². The van der Waals surface area contributed by atoms with E-state index < -0.39 is 21.6 Å². The van der Waals surface area contributed by atoms with Gasteiger partial charge in [0.15, 0.2) is 9.84 Å². The number of nitrogens with one attached hydrogen (secondary N) is 1. The van der Waals surface area contributed by atoms with Crippen molar-refractivity contribution < 1.29 is 17.6 Å². The van der Waals surface area contributed by atoms with Crippen LogP contribution in [0.1, 0.15) is 27.2 Å². The molecule has 9 heteroatoms. The van der Waals surface area contributed by atoms with Crippen LogP contribution in [0, 0.1) is 12.7 Å². The second-order valence-corrected chi connectivity index (χ2v) is 9.08. The standard InChI is InChI=1S/C19H15ClFN3O3S/c1-11-5-7-12(8-6-11)24-18(13-9-28(26,27)10-16(13)23-24)22-19(25)17-14(20)3-2-4-15(17)21/h2-8H,9-10H2,1H3,(H,22,25). The van der Waals surface area contributed by atoms with Gasteiger partial charge < -0.3 is 5.32 Å². The maximum Gasteiger partial charge on any atom is 0.261 e. The van der Waals surface area contributed by atoms with Gasteiger partial charge in [0.05, 0.1) is 33.5 Å². The number of nitrogens with zero attached hydrogens (tertiary/aromatic N) is 2. The highest BCUT2D eigenvalue weighted by atomic mass is 35.5. The van der Waals surface area contributed by atoms with Gasteiger partial charge >= 0.3 is 0 Å². The van der Waals surface area contributed by atoms with Crippen LogP contribution in [-0.2, 0) is 21.3 Å². The molecule has 0 atom stereocenters. The summed E-state index contributed by atoms with van der Waals surface area (Å²) in [7, 11) is -3.33. The van der Waals surface area contributed by atoms with Crippen LogP contribution < -0.4 is 5.32 Å². The van der Waals surface area contributed by atoms with Crippen LogP contribution in [0.5, 0.6) is 0 Å². The van der Waals surface area contributed by atoms with Gasteiger partial charge in [0, 0.05) is 5.56 Å². The highest BCUT2D eigenvalue weighted by Crippen LogP contribution is 2.33. The number of sulfone groups is 1. The summed E-state index contributed by atoms with van der Waals surface area (Å²) >= 11 is 5.98. The van der Waals surface area contributed by atoms with Gasteiger partial charge in [-0.05, 0) is 31.2 Å². The molecular formula is C19H15ClFN3O3S. The number of anilines is 1. The first-order chi connectivity index (χ1) is 13.2. The summed E-state index contributed by atoms with van der Waals surface area (Å²) in [5.41, 5.74) is 2.15. The molecule has 0 spiro atoms. The zero-order valence-electron chi connectivity index (χ0n) is 14.7. The average Bonchev–Trinajstić information content (AvgIpc) is 3.08. The first-order valence-electron chi connectivity index (χ1n) is 8.39. The summed E-state index contributed by atoms with van der Waals surface area (Å²) in [5.74, 6) is -1.79. The normalized spacial score (nSPS) is 14.7. The maximum atomic E-state index is 14.1. The van der Waals surface area contributed by atoms with Crippen molar-refractivity contribution in [3.8, 4) is 5.69 Å². The molecule has 1 aliphatic heterocycles. The van der Waals surface area contributed by atoms with Crippen molar-refractivity contribution in [3.05, 3.63) is 75.7 Å². The second kappa shape index (κ2) is 6.72. The molecule has 0 bridgehead atoms. The average molecular weight is 420 g/mol. The molecule has 0 saturated carbocycles. The first kappa shape index (κ1) is 18.6. The van der Waals surface area contributed by atoms with Crippen LogP contribution in [0.4, 0.5) is 10.2 Å². The molecule has 144 valence electrons. The first-order valence-corrected chi connectivity index (χ1v) is 10.6. The maximum absolute atomic E-state index is 14.1. The van der Waals surface area contributed by atoms with Gasteiger partial charge in [-0.25, -0.2) is 17.5 Å². The summed E-state index contributed by atoms with van der Waals surface area (Å²) < 4.78 is 39.6. The fourth-order valence-electron chi connectivity index (χ4n) is 3.13. The van der Waals surface area contributed by atoms with Gasteiger partial charge in [0.25, 0.3) is 5.91 Å². The number of hydrogen-bond donors (Lipinski definition) is 1. The molecule has 3 aromatic rings. The van der Waals surface area contributed by atoms with Crippen molar-refractivity contribution >= 4 is 33.2 Å². The lowest BCUT2D eigenvalue weighted by Crippen LogP contribution is -2.18. The quantitative estimate of drug-likeness (QED) is 0.702. The van der Waals surface area contributed by atoms with E-state index in [0.717, 1.165) is 11.6 Å². The summed E-state index contributed by atoms with van der Waals surface area (Å²) in [5, 5.41) is 6.95. The highest BCUT2D eigenvalue weighted by molar-refractivity contribution is 7.90. The van der Waals surface area contributed by atoms with Crippen LogP contribution in [-0.4, -0.2) is 24.1 Å². The smallest absolute Gasteiger partial charge is 0.261 e. The van der Waals surface area contributed by atoms with Crippen molar-refractivity contribution in [1.29, 1.82) is 0 Å². The number of benzene rings is 2. The van der Waals surface area contributed by atoms with Gasteiger partial charge in [-0.2, -0.15) is 5.10 Å².